The Kier molecular flexibility index (Phi) is 3.97. The molecule has 1 saturated heterocycles. The van der Waals surface area contributed by atoms with E-state index in [0.717, 1.165) is 0 Å². The summed E-state index contributed by atoms with van der Waals surface area (Å²) in [4.78, 5) is 26.0. The van der Waals surface area contributed by atoms with Gasteiger partial charge in [-0.15, -0.1) is 0 Å². The van der Waals surface area contributed by atoms with Crippen molar-refractivity contribution >= 4 is 52.5 Å². The number of rotatable bonds is 2. The number of carbonyl (C=O) groups is 2. The minimum Gasteiger partial charge on any atom is -0.298 e. The van der Waals surface area contributed by atoms with Crippen LogP contribution in [0.3, 0.4) is 0 Å². The first kappa shape index (κ1) is 15.4. The quantitative estimate of drug-likeness (QED) is 0.512. The first-order valence-corrected chi connectivity index (χ1v) is 7.40. The average Bonchev–Trinajstić information content (AvgIpc) is 2.91. The summed E-state index contributed by atoms with van der Waals surface area (Å²) >= 11 is 11.0. The molecule has 2 amide bonds. The molecular formula is C15H11ClN4O2S. The number of anilines is 1. The standard InChI is InChI=1S/C15H11ClN4O2S/c1-19-8-9(7-17-19)6-12-13(21)18-15(23)20(14(12)22)11-4-2-10(16)3-5-11/h2-8H,1H3,(H,18,21,23). The molecule has 1 fully saturated rings. The Morgan fingerprint density at radius 3 is 2.57 bits per heavy atom. The van der Waals surface area contributed by atoms with Crippen LogP contribution in [-0.2, 0) is 16.6 Å². The van der Waals surface area contributed by atoms with Gasteiger partial charge in [-0.2, -0.15) is 5.10 Å². The minimum atomic E-state index is -0.533. The summed E-state index contributed by atoms with van der Waals surface area (Å²) in [5.41, 5.74) is 1.16. The number of aryl methyl sites for hydroxylation is 1. The Morgan fingerprint density at radius 2 is 1.96 bits per heavy atom. The smallest absolute Gasteiger partial charge is 0.270 e. The van der Waals surface area contributed by atoms with Crippen LogP contribution in [0.4, 0.5) is 5.69 Å². The van der Waals surface area contributed by atoms with E-state index in [0.29, 0.717) is 16.3 Å². The molecule has 1 aromatic heterocycles. The molecule has 0 radical (unpaired) electrons. The average molecular weight is 347 g/mol. The Balaban J connectivity index is 2.00. The molecule has 6 nitrogen and oxygen atoms in total. The van der Waals surface area contributed by atoms with Gasteiger partial charge in [-0.05, 0) is 42.6 Å². The third-order valence-corrected chi connectivity index (χ3v) is 3.76. The second-order valence-electron chi connectivity index (χ2n) is 4.88. The van der Waals surface area contributed by atoms with Crippen LogP contribution in [0.2, 0.25) is 5.02 Å². The molecule has 8 heteroatoms. The van der Waals surface area contributed by atoms with Gasteiger partial charge in [0.2, 0.25) is 0 Å². The van der Waals surface area contributed by atoms with E-state index < -0.39 is 11.8 Å². The number of benzene rings is 1. The van der Waals surface area contributed by atoms with Crippen molar-refractivity contribution in [3.05, 3.63) is 52.8 Å². The molecule has 1 aliphatic rings. The van der Waals surface area contributed by atoms with Crippen LogP contribution >= 0.6 is 23.8 Å². The van der Waals surface area contributed by atoms with E-state index in [2.05, 4.69) is 10.4 Å². The van der Waals surface area contributed by atoms with Crippen LogP contribution in [0.1, 0.15) is 5.56 Å². The Labute approximate surface area is 142 Å². The van der Waals surface area contributed by atoms with Gasteiger partial charge in [0.15, 0.2) is 5.11 Å². The number of amides is 2. The third-order valence-electron chi connectivity index (χ3n) is 3.22. The third kappa shape index (κ3) is 3.01. The zero-order valence-corrected chi connectivity index (χ0v) is 13.6. The maximum Gasteiger partial charge on any atom is 0.270 e. The maximum absolute atomic E-state index is 12.7. The summed E-state index contributed by atoms with van der Waals surface area (Å²) < 4.78 is 1.58. The summed E-state index contributed by atoms with van der Waals surface area (Å²) in [7, 11) is 1.75. The van der Waals surface area contributed by atoms with Crippen LogP contribution < -0.4 is 10.2 Å². The summed E-state index contributed by atoms with van der Waals surface area (Å²) in [6, 6.07) is 6.61. The predicted molar refractivity (Wildman–Crippen MR) is 90.9 cm³/mol. The van der Waals surface area contributed by atoms with Crippen LogP contribution in [0.25, 0.3) is 6.08 Å². The minimum absolute atomic E-state index is 0.0125. The normalized spacial score (nSPS) is 16.9. The van der Waals surface area contributed by atoms with Crippen molar-refractivity contribution < 1.29 is 9.59 Å². The van der Waals surface area contributed by atoms with Crippen LogP contribution in [0.5, 0.6) is 0 Å². The first-order chi connectivity index (χ1) is 11.0. The van der Waals surface area contributed by atoms with Gasteiger partial charge < -0.3 is 0 Å². The molecule has 1 aliphatic heterocycles. The van der Waals surface area contributed by atoms with Gasteiger partial charge in [-0.25, -0.2) is 0 Å². The van der Waals surface area contributed by atoms with Gasteiger partial charge >= 0.3 is 0 Å². The molecule has 2 aromatic rings. The number of hydrogen-bond donors (Lipinski definition) is 1. The highest BCUT2D eigenvalue weighted by atomic mass is 35.5. The summed E-state index contributed by atoms with van der Waals surface area (Å²) in [5, 5.41) is 7.10. The van der Waals surface area contributed by atoms with E-state index in [9.17, 15) is 9.59 Å². The highest BCUT2D eigenvalue weighted by molar-refractivity contribution is 7.80. The Morgan fingerprint density at radius 1 is 1.26 bits per heavy atom. The second-order valence-corrected chi connectivity index (χ2v) is 5.70. The van der Waals surface area contributed by atoms with Gasteiger partial charge in [-0.3, -0.25) is 24.5 Å². The molecule has 0 aliphatic carbocycles. The van der Waals surface area contributed by atoms with Crippen molar-refractivity contribution in [1.82, 2.24) is 15.1 Å². The number of carbonyl (C=O) groups excluding carboxylic acids is 2. The highest BCUT2D eigenvalue weighted by Crippen LogP contribution is 2.23. The van der Waals surface area contributed by atoms with Crippen molar-refractivity contribution in [2.24, 2.45) is 7.05 Å². The van der Waals surface area contributed by atoms with E-state index >= 15 is 0 Å². The van der Waals surface area contributed by atoms with Crippen LogP contribution in [0.15, 0.2) is 42.2 Å². The van der Waals surface area contributed by atoms with E-state index in [1.165, 1.54) is 11.0 Å². The van der Waals surface area contributed by atoms with Crippen molar-refractivity contribution in [3.63, 3.8) is 0 Å². The lowest BCUT2D eigenvalue weighted by atomic mass is 10.1. The number of thiocarbonyl (C=S) groups is 1. The second kappa shape index (κ2) is 5.94. The summed E-state index contributed by atoms with van der Waals surface area (Å²) in [6.07, 6.45) is 4.75. The predicted octanol–water partition coefficient (Wildman–Crippen LogP) is 1.90. The van der Waals surface area contributed by atoms with Gasteiger partial charge in [-0.1, -0.05) is 11.6 Å². The number of halogens is 1. The van der Waals surface area contributed by atoms with Crippen molar-refractivity contribution in [2.45, 2.75) is 0 Å². The molecule has 0 bridgehead atoms. The number of hydrogen-bond acceptors (Lipinski definition) is 4. The molecule has 0 atom stereocenters. The Hall–Kier alpha value is -2.51. The fourth-order valence-corrected chi connectivity index (χ4v) is 2.57. The van der Waals surface area contributed by atoms with Gasteiger partial charge in [0.25, 0.3) is 11.8 Å². The summed E-state index contributed by atoms with van der Waals surface area (Å²) in [6.45, 7) is 0. The van der Waals surface area contributed by atoms with E-state index in [1.807, 2.05) is 0 Å². The van der Waals surface area contributed by atoms with Gasteiger partial charge in [0.1, 0.15) is 5.57 Å². The SMILES string of the molecule is Cn1cc(C=C2C(=O)NC(=S)N(c3ccc(Cl)cc3)C2=O)cn1. The highest BCUT2D eigenvalue weighted by Gasteiger charge is 2.34. The number of nitrogens with zero attached hydrogens (tertiary/aromatic N) is 3. The molecule has 23 heavy (non-hydrogen) atoms. The lowest BCUT2D eigenvalue weighted by Gasteiger charge is -2.28. The Bertz CT molecular complexity index is 841. The number of nitrogens with one attached hydrogen (secondary N) is 1. The largest absolute Gasteiger partial charge is 0.298 e. The van der Waals surface area contributed by atoms with Crippen LogP contribution in [-0.4, -0.2) is 26.7 Å². The molecule has 0 unspecified atom stereocenters. The molecule has 0 saturated carbocycles. The fraction of sp³-hybridized carbons (Fsp3) is 0.0667. The van der Waals surface area contributed by atoms with Crippen molar-refractivity contribution in [1.29, 1.82) is 0 Å². The molecule has 2 heterocycles. The molecular weight excluding hydrogens is 336 g/mol. The fourth-order valence-electron chi connectivity index (χ4n) is 2.16. The first-order valence-electron chi connectivity index (χ1n) is 6.61. The van der Waals surface area contributed by atoms with Gasteiger partial charge in [0.05, 0.1) is 11.9 Å². The zero-order chi connectivity index (χ0) is 16.6. The molecule has 1 N–H and O–H groups in total. The lowest BCUT2D eigenvalue weighted by molar-refractivity contribution is -0.122. The van der Waals surface area contributed by atoms with E-state index in [4.69, 9.17) is 23.8 Å². The van der Waals surface area contributed by atoms with E-state index in [-0.39, 0.29) is 10.7 Å². The van der Waals surface area contributed by atoms with Crippen molar-refractivity contribution in [3.8, 4) is 0 Å². The molecule has 1 aromatic carbocycles. The van der Waals surface area contributed by atoms with Crippen LogP contribution in [0, 0.1) is 0 Å². The maximum atomic E-state index is 12.7. The zero-order valence-electron chi connectivity index (χ0n) is 12.0. The lowest BCUT2D eigenvalue weighted by Crippen LogP contribution is -2.54. The topological polar surface area (TPSA) is 67.2 Å². The number of aromatic nitrogens is 2. The molecule has 116 valence electrons. The summed E-state index contributed by atoms with van der Waals surface area (Å²) in [5.74, 6) is -1.03. The monoisotopic (exact) mass is 346 g/mol. The van der Waals surface area contributed by atoms with Gasteiger partial charge in [0, 0.05) is 23.8 Å². The van der Waals surface area contributed by atoms with E-state index in [1.54, 1.807) is 48.4 Å². The molecule has 0 spiro atoms. The molecule has 3 rings (SSSR count). The van der Waals surface area contributed by atoms with Crippen molar-refractivity contribution in [2.75, 3.05) is 4.90 Å².